The Morgan fingerprint density at radius 2 is 2.08 bits per heavy atom. The smallest absolute Gasteiger partial charge is 0.359 e. The molecule has 0 fully saturated rings. The average molecular weight is 346 g/mol. The summed E-state index contributed by atoms with van der Waals surface area (Å²) in [6.45, 7) is 1.75. The molecule has 10 nitrogen and oxygen atoms in total. The van der Waals surface area contributed by atoms with Gasteiger partial charge in [0.2, 0.25) is 5.88 Å². The van der Waals surface area contributed by atoms with Gasteiger partial charge in [-0.25, -0.2) is 9.63 Å². The number of H-pyrrole nitrogens is 1. The molecule has 0 atom stereocenters. The molecule has 0 spiro atoms. The fourth-order valence-electron chi connectivity index (χ4n) is 2.45. The average Bonchev–Trinajstić information content (AvgIpc) is 3.15. The van der Waals surface area contributed by atoms with Gasteiger partial charge in [0, 0.05) is 23.2 Å². The molecule has 3 aromatic rings. The van der Waals surface area contributed by atoms with Gasteiger partial charge >= 0.3 is 11.7 Å². The van der Waals surface area contributed by atoms with Crippen LogP contribution in [0.3, 0.4) is 0 Å². The predicted octanol–water partition coefficient (Wildman–Crippen LogP) is 1.28. The standard InChI is InChI=1S/C15H14N4O6/c1-3-25-15(22)12-10-11(16-17-12)14(21)18(13(10)20)8-4-6-9(7-5-8)19(23)24-2/h4-7H,3H2,1-2H3,(H2-,16,17,20,21,22). The van der Waals surface area contributed by atoms with Crippen molar-refractivity contribution in [3.63, 3.8) is 0 Å². The number of aromatic hydroxyl groups is 1. The minimum Gasteiger partial charge on any atom is -0.859 e. The Morgan fingerprint density at radius 1 is 1.40 bits per heavy atom. The first kappa shape index (κ1) is 16.3. The van der Waals surface area contributed by atoms with Crippen molar-refractivity contribution in [1.29, 1.82) is 0 Å². The summed E-state index contributed by atoms with van der Waals surface area (Å²) in [4.78, 5) is 28.1. The monoisotopic (exact) mass is 346 g/mol. The number of esters is 1. The van der Waals surface area contributed by atoms with Crippen molar-refractivity contribution in [2.24, 2.45) is 0 Å². The molecule has 2 N–H and O–H groups in total. The van der Waals surface area contributed by atoms with Gasteiger partial charge in [-0.3, -0.25) is 9.67 Å². The summed E-state index contributed by atoms with van der Waals surface area (Å²) in [7, 11) is 1.22. The van der Waals surface area contributed by atoms with Crippen LogP contribution in [0.25, 0.3) is 16.6 Å². The number of hydrogen-bond donors (Lipinski definition) is 2. The van der Waals surface area contributed by atoms with Gasteiger partial charge in [0.05, 0.1) is 11.5 Å². The van der Waals surface area contributed by atoms with Crippen LogP contribution in [0.1, 0.15) is 17.4 Å². The number of nitrogens with one attached hydrogen (secondary N) is 1. The number of nitrogens with zero attached hydrogens (tertiary/aromatic N) is 3. The van der Waals surface area contributed by atoms with Crippen molar-refractivity contribution in [1.82, 2.24) is 14.8 Å². The van der Waals surface area contributed by atoms with E-state index in [9.17, 15) is 19.9 Å². The molecule has 0 saturated carbocycles. The highest BCUT2D eigenvalue weighted by Crippen LogP contribution is 2.38. The Labute approximate surface area is 140 Å². The molecule has 0 aliphatic carbocycles. The van der Waals surface area contributed by atoms with Crippen molar-refractivity contribution in [2.45, 2.75) is 6.92 Å². The largest absolute Gasteiger partial charge is 0.859 e. The van der Waals surface area contributed by atoms with Crippen molar-refractivity contribution in [3.05, 3.63) is 34.9 Å². The van der Waals surface area contributed by atoms with Crippen LogP contribution in [0.4, 0.5) is 5.69 Å². The van der Waals surface area contributed by atoms with E-state index in [1.54, 1.807) is 6.92 Å². The third kappa shape index (κ3) is 2.53. The Kier molecular flexibility index (Phi) is 4.01. The van der Waals surface area contributed by atoms with Crippen LogP contribution in [0, 0.1) is 4.91 Å². The molecular formula is C15H14N4O6. The number of ether oxygens (including phenoxy) is 1. The molecule has 0 radical (unpaired) electrons. The fourth-order valence-corrected chi connectivity index (χ4v) is 2.45. The van der Waals surface area contributed by atoms with Gasteiger partial charge in [0.15, 0.2) is 12.8 Å². The number of carbonyl (C=O) groups excluding carboxylic acids is 1. The maximum Gasteiger partial charge on any atom is 0.359 e. The van der Waals surface area contributed by atoms with Gasteiger partial charge in [-0.05, 0) is 24.9 Å². The van der Waals surface area contributed by atoms with Crippen LogP contribution in [-0.4, -0.2) is 44.5 Å². The Morgan fingerprint density at radius 3 is 2.68 bits per heavy atom. The zero-order chi connectivity index (χ0) is 18.1. The van der Waals surface area contributed by atoms with E-state index in [0.717, 1.165) is 4.57 Å². The van der Waals surface area contributed by atoms with Crippen LogP contribution in [0.15, 0.2) is 24.3 Å². The molecular weight excluding hydrogens is 332 g/mol. The lowest BCUT2D eigenvalue weighted by Gasteiger charge is -2.13. The third-order valence-corrected chi connectivity index (χ3v) is 3.57. The highest BCUT2D eigenvalue weighted by Gasteiger charge is 2.23. The van der Waals surface area contributed by atoms with E-state index < -0.39 is 17.7 Å². The maximum absolute atomic E-state index is 12.7. The summed E-state index contributed by atoms with van der Waals surface area (Å²) >= 11 is 0. The zero-order valence-corrected chi connectivity index (χ0v) is 13.3. The molecule has 25 heavy (non-hydrogen) atoms. The third-order valence-electron chi connectivity index (χ3n) is 3.57. The summed E-state index contributed by atoms with van der Waals surface area (Å²) in [5, 5.41) is 29.1. The molecule has 10 heteroatoms. The number of rotatable bonds is 5. The number of carbonyl (C=O) groups is 1. The van der Waals surface area contributed by atoms with Crippen LogP contribution in [0.5, 0.6) is 11.8 Å². The fraction of sp³-hybridized carbons (Fsp3) is 0.200. The van der Waals surface area contributed by atoms with E-state index in [1.807, 2.05) is 0 Å². The minimum atomic E-state index is -0.763. The number of aromatic amines is 1. The Hall–Kier alpha value is -3.56. The number of benzene rings is 1. The van der Waals surface area contributed by atoms with Crippen molar-refractivity contribution >= 4 is 22.6 Å². The summed E-state index contributed by atoms with van der Waals surface area (Å²) < 4.78 is 5.85. The molecule has 0 unspecified atom stereocenters. The lowest BCUT2D eigenvalue weighted by Crippen LogP contribution is -2.08. The SMILES string of the molecule is CCOC(=O)c1n[nH]c2c(O)n(-c3ccc([N+](=O)OC)cc3)c([O-])c12. The van der Waals surface area contributed by atoms with Gasteiger partial charge in [-0.2, -0.15) is 5.10 Å². The van der Waals surface area contributed by atoms with Crippen LogP contribution < -0.4 is 5.11 Å². The molecule has 3 rings (SSSR count). The molecule has 2 aromatic heterocycles. The van der Waals surface area contributed by atoms with Crippen molar-refractivity contribution in [2.75, 3.05) is 13.7 Å². The second-order valence-corrected chi connectivity index (χ2v) is 4.96. The Balaban J connectivity index is 2.11. The Bertz CT molecular complexity index is 957. The van der Waals surface area contributed by atoms with Crippen LogP contribution in [0.2, 0.25) is 0 Å². The van der Waals surface area contributed by atoms with Gasteiger partial charge in [-0.15, -0.1) is 0 Å². The summed E-state index contributed by atoms with van der Waals surface area (Å²) in [5.74, 6) is -1.80. The number of aromatic nitrogens is 3. The topological polar surface area (TPSA) is 133 Å². The zero-order valence-electron chi connectivity index (χ0n) is 13.3. The predicted molar refractivity (Wildman–Crippen MR) is 82.8 cm³/mol. The quantitative estimate of drug-likeness (QED) is 0.525. The number of fused-ring (bicyclic) bond motifs is 1. The van der Waals surface area contributed by atoms with E-state index in [4.69, 9.17) is 4.74 Å². The molecule has 2 heterocycles. The highest BCUT2D eigenvalue weighted by molar-refractivity contribution is 6.06. The summed E-state index contributed by atoms with van der Waals surface area (Å²) in [6.07, 6.45) is 0. The first-order valence-electron chi connectivity index (χ1n) is 7.27. The first-order chi connectivity index (χ1) is 12.0. The van der Waals surface area contributed by atoms with Crippen LogP contribution >= 0.6 is 0 Å². The van der Waals surface area contributed by atoms with E-state index in [0.29, 0.717) is 10.6 Å². The second-order valence-electron chi connectivity index (χ2n) is 4.96. The summed E-state index contributed by atoms with van der Waals surface area (Å²) in [6, 6.07) is 5.75. The molecule has 1 aromatic carbocycles. The molecule has 0 aliphatic rings. The highest BCUT2D eigenvalue weighted by atomic mass is 16.8. The van der Waals surface area contributed by atoms with Crippen molar-refractivity contribution < 1.29 is 29.5 Å². The van der Waals surface area contributed by atoms with E-state index >= 15 is 0 Å². The lowest BCUT2D eigenvalue weighted by molar-refractivity contribution is -0.736. The molecule has 0 saturated heterocycles. The molecule has 130 valence electrons. The van der Waals surface area contributed by atoms with Gasteiger partial charge < -0.3 is 14.9 Å². The normalized spacial score (nSPS) is 10.8. The second kappa shape index (κ2) is 6.15. The molecule has 0 aliphatic heterocycles. The van der Waals surface area contributed by atoms with E-state index in [1.165, 1.54) is 31.4 Å². The molecule has 0 amide bonds. The summed E-state index contributed by atoms with van der Waals surface area (Å²) in [5.41, 5.74) is 0.344. The first-order valence-corrected chi connectivity index (χ1v) is 7.27. The van der Waals surface area contributed by atoms with Gasteiger partial charge in [0.25, 0.3) is 4.92 Å². The van der Waals surface area contributed by atoms with E-state index in [-0.39, 0.29) is 28.9 Å². The molecule has 0 bridgehead atoms. The minimum absolute atomic E-state index is 0.0273. The van der Waals surface area contributed by atoms with Crippen molar-refractivity contribution in [3.8, 4) is 17.4 Å². The maximum atomic E-state index is 12.7. The number of hydrogen-bond acceptors (Lipinski definition) is 7. The van der Waals surface area contributed by atoms with Crippen LogP contribution in [-0.2, 0) is 9.57 Å². The lowest BCUT2D eigenvalue weighted by atomic mass is 10.3. The van der Waals surface area contributed by atoms with Gasteiger partial charge in [-0.1, -0.05) is 0 Å². The van der Waals surface area contributed by atoms with Gasteiger partial charge in [0.1, 0.15) is 5.52 Å². The van der Waals surface area contributed by atoms with E-state index in [2.05, 4.69) is 15.0 Å².